The van der Waals surface area contributed by atoms with E-state index in [-0.39, 0.29) is 30.8 Å². The van der Waals surface area contributed by atoms with E-state index in [2.05, 4.69) is 21.0 Å². The summed E-state index contributed by atoms with van der Waals surface area (Å²) in [5.74, 6) is 0.490. The zero-order valence-electron chi connectivity index (χ0n) is 16.7. The van der Waals surface area contributed by atoms with Crippen LogP contribution in [0.5, 0.6) is 5.75 Å². The third kappa shape index (κ3) is 7.07. The summed E-state index contributed by atoms with van der Waals surface area (Å²) in [5.41, 5.74) is 1.91. The number of aryl methyl sites for hydroxylation is 1. The average molecular weight is 422 g/mol. The van der Waals surface area contributed by atoms with Crippen molar-refractivity contribution < 1.29 is 14.3 Å². The molecule has 2 amide bonds. The fourth-order valence-electron chi connectivity index (χ4n) is 2.87. The Kier molecular flexibility index (Phi) is 8.48. The van der Waals surface area contributed by atoms with Crippen molar-refractivity contribution in [1.82, 2.24) is 25.7 Å². The monoisotopic (exact) mass is 421 g/mol. The van der Waals surface area contributed by atoms with Crippen LogP contribution in [0, 0.1) is 0 Å². The summed E-state index contributed by atoms with van der Waals surface area (Å²) in [6.45, 7) is 0.562. The number of nitrogens with zero attached hydrogens (tertiary/aromatic N) is 2. The van der Waals surface area contributed by atoms with E-state index >= 15 is 0 Å². The highest BCUT2D eigenvalue weighted by molar-refractivity contribution is 5.85. The van der Waals surface area contributed by atoms with E-state index in [0.29, 0.717) is 24.8 Å². The minimum Gasteiger partial charge on any atom is -0.484 e. The lowest BCUT2D eigenvalue weighted by molar-refractivity contribution is -0.124. The van der Waals surface area contributed by atoms with Crippen LogP contribution in [0.2, 0.25) is 0 Å². The Hall–Kier alpha value is -2.58. The van der Waals surface area contributed by atoms with Gasteiger partial charge in [-0.25, -0.2) is 0 Å². The van der Waals surface area contributed by atoms with Gasteiger partial charge in [-0.2, -0.15) is 5.10 Å². The molecule has 158 valence electrons. The molecule has 0 radical (unpaired) electrons. The summed E-state index contributed by atoms with van der Waals surface area (Å²) in [6.07, 6.45) is 6.34. The fourth-order valence-corrected chi connectivity index (χ4v) is 2.87. The molecule has 1 atom stereocenters. The number of ether oxygens (including phenoxy) is 1. The zero-order chi connectivity index (χ0) is 19.9. The lowest BCUT2D eigenvalue weighted by Crippen LogP contribution is -2.36. The van der Waals surface area contributed by atoms with Gasteiger partial charge in [0.25, 0.3) is 5.91 Å². The van der Waals surface area contributed by atoms with Gasteiger partial charge in [-0.05, 0) is 44.0 Å². The van der Waals surface area contributed by atoms with E-state index in [9.17, 15) is 9.59 Å². The first-order valence-corrected chi connectivity index (χ1v) is 9.50. The number of rotatable bonds is 10. The van der Waals surface area contributed by atoms with E-state index in [1.54, 1.807) is 17.9 Å². The molecule has 1 aromatic carbocycles. The normalized spacial score (nSPS) is 13.9. The Morgan fingerprint density at radius 1 is 1.28 bits per heavy atom. The maximum Gasteiger partial charge on any atom is 0.258 e. The zero-order valence-corrected chi connectivity index (χ0v) is 17.5. The number of likely N-dealkylation sites (N-methyl/N-ethyl adjacent to an activating group) is 1. The van der Waals surface area contributed by atoms with E-state index in [4.69, 9.17) is 4.74 Å². The van der Waals surface area contributed by atoms with E-state index in [0.717, 1.165) is 24.0 Å². The highest BCUT2D eigenvalue weighted by Crippen LogP contribution is 2.18. The molecule has 0 bridgehead atoms. The molecule has 0 aliphatic heterocycles. The van der Waals surface area contributed by atoms with Gasteiger partial charge in [0.15, 0.2) is 6.61 Å². The quantitative estimate of drug-likeness (QED) is 0.534. The van der Waals surface area contributed by atoms with E-state index in [1.807, 2.05) is 37.5 Å². The third-order valence-electron chi connectivity index (χ3n) is 4.56. The van der Waals surface area contributed by atoms with Crippen LogP contribution in [-0.2, 0) is 23.1 Å². The van der Waals surface area contributed by atoms with Crippen LogP contribution in [0.15, 0.2) is 36.7 Å². The Morgan fingerprint density at radius 2 is 2.00 bits per heavy atom. The van der Waals surface area contributed by atoms with Crippen LogP contribution in [0.1, 0.15) is 30.0 Å². The number of aromatic nitrogens is 2. The van der Waals surface area contributed by atoms with Gasteiger partial charge in [0.1, 0.15) is 11.8 Å². The molecule has 1 aliphatic carbocycles. The molecule has 1 heterocycles. The molecule has 29 heavy (non-hydrogen) atoms. The molecular formula is C20H28ClN5O3. The highest BCUT2D eigenvalue weighted by Gasteiger charge is 2.23. The number of carbonyl (C=O) groups excluding carboxylic acids is 2. The fraction of sp³-hybridized carbons (Fsp3) is 0.450. The molecule has 1 aromatic heterocycles. The first-order chi connectivity index (χ1) is 13.5. The van der Waals surface area contributed by atoms with E-state index < -0.39 is 6.04 Å². The van der Waals surface area contributed by atoms with Crippen molar-refractivity contribution in [3.63, 3.8) is 0 Å². The molecule has 1 unspecified atom stereocenters. The van der Waals surface area contributed by atoms with Gasteiger partial charge in [0.2, 0.25) is 5.91 Å². The second-order valence-electron chi connectivity index (χ2n) is 6.98. The highest BCUT2D eigenvalue weighted by atomic mass is 35.5. The molecule has 0 saturated heterocycles. The number of amides is 2. The summed E-state index contributed by atoms with van der Waals surface area (Å²) >= 11 is 0. The average Bonchev–Trinajstić information content (AvgIpc) is 3.40. The first-order valence-electron chi connectivity index (χ1n) is 9.50. The number of halogens is 1. The molecule has 1 saturated carbocycles. The predicted octanol–water partition coefficient (Wildman–Crippen LogP) is 1.12. The van der Waals surface area contributed by atoms with Crippen molar-refractivity contribution in [1.29, 1.82) is 0 Å². The van der Waals surface area contributed by atoms with Crippen LogP contribution in [-0.4, -0.2) is 47.8 Å². The van der Waals surface area contributed by atoms with Gasteiger partial charge >= 0.3 is 0 Å². The van der Waals surface area contributed by atoms with Crippen LogP contribution >= 0.6 is 12.4 Å². The Bertz CT molecular complexity index is 805. The van der Waals surface area contributed by atoms with E-state index in [1.165, 1.54) is 0 Å². The van der Waals surface area contributed by atoms with Crippen LogP contribution in [0.3, 0.4) is 0 Å². The van der Waals surface area contributed by atoms with Crippen molar-refractivity contribution in [3.8, 4) is 5.75 Å². The summed E-state index contributed by atoms with van der Waals surface area (Å²) < 4.78 is 7.17. The third-order valence-corrected chi connectivity index (χ3v) is 4.56. The van der Waals surface area contributed by atoms with Crippen molar-refractivity contribution in [2.75, 3.05) is 20.2 Å². The molecule has 0 spiro atoms. The number of hydrogen-bond acceptors (Lipinski definition) is 5. The summed E-state index contributed by atoms with van der Waals surface area (Å²) in [6, 6.07) is 7.48. The number of hydrogen-bond donors (Lipinski definition) is 3. The maximum absolute atomic E-state index is 12.4. The summed E-state index contributed by atoms with van der Waals surface area (Å²) in [4.78, 5) is 24.0. The molecule has 2 aromatic rings. The first kappa shape index (κ1) is 22.7. The van der Waals surface area contributed by atoms with Gasteiger partial charge < -0.3 is 20.7 Å². The number of nitrogens with one attached hydrogen (secondary N) is 3. The topological polar surface area (TPSA) is 97.3 Å². The maximum atomic E-state index is 12.4. The number of carbonyl (C=O) groups is 2. The standard InChI is InChI=1S/C20H27N5O3.ClH/c1-21-19(15-11-23-25(2)12-15)20(27)22-10-9-14-3-7-17(8-4-14)28-13-18(26)24-16-5-6-16;/h3-4,7-8,11-12,16,19,21H,5-6,9-10,13H2,1-2H3,(H,22,27)(H,24,26);1H. The van der Waals surface area contributed by atoms with Gasteiger partial charge in [-0.3, -0.25) is 14.3 Å². The predicted molar refractivity (Wildman–Crippen MR) is 112 cm³/mol. The minimum atomic E-state index is -0.425. The van der Waals surface area contributed by atoms with Crippen molar-refractivity contribution in [3.05, 3.63) is 47.8 Å². The van der Waals surface area contributed by atoms with Crippen LogP contribution in [0.25, 0.3) is 0 Å². The Labute approximate surface area is 176 Å². The van der Waals surface area contributed by atoms with Crippen LogP contribution in [0.4, 0.5) is 0 Å². The molecule has 1 aliphatic rings. The molecular weight excluding hydrogens is 394 g/mol. The van der Waals surface area contributed by atoms with Crippen molar-refractivity contribution in [2.45, 2.75) is 31.3 Å². The molecule has 9 heteroatoms. The Morgan fingerprint density at radius 3 is 2.59 bits per heavy atom. The smallest absolute Gasteiger partial charge is 0.258 e. The summed E-state index contributed by atoms with van der Waals surface area (Å²) in [5, 5.41) is 13.0. The lowest BCUT2D eigenvalue weighted by atomic mass is 10.1. The Balaban J connectivity index is 0.00000300. The summed E-state index contributed by atoms with van der Waals surface area (Å²) in [7, 11) is 3.57. The van der Waals surface area contributed by atoms with Gasteiger partial charge in [-0.15, -0.1) is 12.4 Å². The molecule has 3 rings (SSSR count). The molecule has 8 nitrogen and oxygen atoms in total. The van der Waals surface area contributed by atoms with Gasteiger partial charge in [0.05, 0.1) is 6.20 Å². The second kappa shape index (κ2) is 10.8. The van der Waals surface area contributed by atoms with Crippen molar-refractivity contribution >= 4 is 24.2 Å². The SMILES string of the molecule is CNC(C(=O)NCCc1ccc(OCC(=O)NC2CC2)cc1)c1cnn(C)c1.Cl. The second-order valence-corrected chi connectivity index (χ2v) is 6.98. The molecule has 1 fully saturated rings. The number of benzene rings is 1. The van der Waals surface area contributed by atoms with Gasteiger partial charge in [-0.1, -0.05) is 12.1 Å². The largest absolute Gasteiger partial charge is 0.484 e. The minimum absolute atomic E-state index is 0. The van der Waals surface area contributed by atoms with Crippen molar-refractivity contribution in [2.24, 2.45) is 7.05 Å². The van der Waals surface area contributed by atoms with Crippen LogP contribution < -0.4 is 20.7 Å². The lowest BCUT2D eigenvalue weighted by Gasteiger charge is -2.14. The van der Waals surface area contributed by atoms with Gasteiger partial charge in [0, 0.05) is 31.4 Å². The molecule has 3 N–H and O–H groups in total.